The van der Waals surface area contributed by atoms with E-state index in [1.807, 2.05) is 12.1 Å². The Hall–Kier alpha value is -2.85. The Bertz CT molecular complexity index is 1300. The molecular weight excluding hydrogens is 466 g/mol. The maximum Gasteiger partial charge on any atom is 0.250 e. The molecule has 1 atom stereocenters. The number of hydrogen-bond acceptors (Lipinski definition) is 5. The molecular formula is C25H33N5O4S. The number of piperidine rings is 2. The Morgan fingerprint density at radius 1 is 1.11 bits per heavy atom. The molecule has 0 radical (unpaired) electrons. The average molecular weight is 500 g/mol. The van der Waals surface area contributed by atoms with Gasteiger partial charge in [-0.2, -0.15) is 4.31 Å². The minimum absolute atomic E-state index is 0.198. The molecule has 2 fully saturated rings. The van der Waals surface area contributed by atoms with E-state index in [-0.39, 0.29) is 11.9 Å². The van der Waals surface area contributed by atoms with Crippen LogP contribution in [0.3, 0.4) is 0 Å². The summed E-state index contributed by atoms with van der Waals surface area (Å²) in [5.41, 5.74) is 9.76. The fraction of sp³-hybridized carbons (Fsp3) is 0.520. The Morgan fingerprint density at radius 3 is 2.63 bits per heavy atom. The summed E-state index contributed by atoms with van der Waals surface area (Å²) in [5.74, 6) is -0.236. The Labute approximate surface area is 206 Å². The topological polar surface area (TPSA) is 120 Å². The van der Waals surface area contributed by atoms with Crippen molar-refractivity contribution < 1.29 is 18.0 Å². The summed E-state index contributed by atoms with van der Waals surface area (Å²) in [6.45, 7) is 3.24. The highest BCUT2D eigenvalue weighted by molar-refractivity contribution is 7.88. The highest BCUT2D eigenvalue weighted by Crippen LogP contribution is 2.35. The monoisotopic (exact) mass is 499 g/mol. The van der Waals surface area contributed by atoms with Gasteiger partial charge in [-0.25, -0.2) is 8.42 Å². The molecule has 3 aliphatic heterocycles. The molecule has 4 heterocycles. The third kappa shape index (κ3) is 4.69. The molecule has 2 amide bonds. The van der Waals surface area contributed by atoms with Crippen molar-refractivity contribution in [2.75, 3.05) is 43.9 Å². The van der Waals surface area contributed by atoms with Crippen molar-refractivity contribution in [1.82, 2.24) is 14.2 Å². The number of anilines is 1. The van der Waals surface area contributed by atoms with Gasteiger partial charge in [-0.05, 0) is 55.9 Å². The number of rotatable bonds is 5. The normalized spacial score (nSPS) is 22.5. The SMILES string of the molecule is CS(=O)(=O)N1CC=C(c2cc3c(N4CCCC(N5CCCCC5=O)C4)ccc(C(N)=O)c3[nH]2)CC1. The summed E-state index contributed by atoms with van der Waals surface area (Å²) in [4.78, 5) is 32.5. The summed E-state index contributed by atoms with van der Waals surface area (Å²) in [5, 5.41) is 0.924. The zero-order valence-corrected chi connectivity index (χ0v) is 20.9. The van der Waals surface area contributed by atoms with Gasteiger partial charge in [-0.15, -0.1) is 0 Å². The summed E-state index contributed by atoms with van der Waals surface area (Å²) < 4.78 is 25.2. The summed E-state index contributed by atoms with van der Waals surface area (Å²) in [6.07, 6.45) is 8.42. The van der Waals surface area contributed by atoms with Crippen molar-refractivity contribution in [3.05, 3.63) is 35.5 Å². The minimum atomic E-state index is -3.23. The molecule has 0 bridgehead atoms. The van der Waals surface area contributed by atoms with Crippen LogP contribution in [0.2, 0.25) is 0 Å². The molecule has 35 heavy (non-hydrogen) atoms. The first-order valence-corrected chi connectivity index (χ1v) is 14.2. The molecule has 0 spiro atoms. The van der Waals surface area contributed by atoms with E-state index >= 15 is 0 Å². The molecule has 9 nitrogen and oxygen atoms in total. The largest absolute Gasteiger partial charge is 0.369 e. The van der Waals surface area contributed by atoms with Crippen LogP contribution < -0.4 is 10.6 Å². The lowest BCUT2D eigenvalue weighted by Gasteiger charge is -2.42. The van der Waals surface area contributed by atoms with Gasteiger partial charge in [-0.1, -0.05) is 6.08 Å². The number of aromatic amines is 1. The Morgan fingerprint density at radius 2 is 1.94 bits per heavy atom. The maximum atomic E-state index is 12.5. The van der Waals surface area contributed by atoms with Gasteiger partial charge in [0.15, 0.2) is 0 Å². The Balaban J connectivity index is 1.48. The Kier molecular flexibility index (Phi) is 6.35. The molecule has 1 aromatic carbocycles. The fourth-order valence-electron chi connectivity index (χ4n) is 5.70. The van der Waals surface area contributed by atoms with E-state index in [4.69, 9.17) is 5.73 Å². The highest BCUT2D eigenvalue weighted by Gasteiger charge is 2.31. The fourth-order valence-corrected chi connectivity index (χ4v) is 6.46. The van der Waals surface area contributed by atoms with Gasteiger partial charge in [-0.3, -0.25) is 9.59 Å². The first kappa shape index (κ1) is 23.9. The van der Waals surface area contributed by atoms with Crippen molar-refractivity contribution in [2.24, 2.45) is 5.73 Å². The molecule has 3 aliphatic rings. The summed E-state index contributed by atoms with van der Waals surface area (Å²) in [7, 11) is -3.23. The number of carbonyl (C=O) groups excluding carboxylic acids is 2. The quantitative estimate of drug-likeness (QED) is 0.654. The van der Waals surface area contributed by atoms with Crippen LogP contribution in [0.4, 0.5) is 5.69 Å². The second kappa shape index (κ2) is 9.31. The number of nitrogens with two attached hydrogens (primary N) is 1. The third-order valence-corrected chi connectivity index (χ3v) is 8.83. The zero-order valence-electron chi connectivity index (χ0n) is 20.1. The van der Waals surface area contributed by atoms with E-state index in [1.54, 1.807) is 6.07 Å². The number of primary amides is 1. The van der Waals surface area contributed by atoms with Gasteiger partial charge in [0.25, 0.3) is 5.91 Å². The van der Waals surface area contributed by atoms with Crippen LogP contribution in [0.1, 0.15) is 54.6 Å². The predicted molar refractivity (Wildman–Crippen MR) is 137 cm³/mol. The van der Waals surface area contributed by atoms with E-state index in [9.17, 15) is 18.0 Å². The number of carbonyl (C=O) groups is 2. The van der Waals surface area contributed by atoms with Crippen LogP contribution in [0, 0.1) is 0 Å². The lowest BCUT2D eigenvalue weighted by molar-refractivity contribution is -0.135. The number of benzene rings is 1. The number of hydrogen-bond donors (Lipinski definition) is 2. The molecule has 10 heteroatoms. The zero-order chi connectivity index (χ0) is 24.7. The van der Waals surface area contributed by atoms with E-state index in [0.717, 1.165) is 67.7 Å². The molecule has 2 saturated heterocycles. The first-order valence-electron chi connectivity index (χ1n) is 12.4. The van der Waals surface area contributed by atoms with Crippen molar-refractivity contribution in [3.8, 4) is 0 Å². The molecule has 3 N–H and O–H groups in total. The molecule has 188 valence electrons. The van der Waals surface area contributed by atoms with Gasteiger partial charge < -0.3 is 20.5 Å². The third-order valence-electron chi connectivity index (χ3n) is 7.56. The standard InChI is InChI=1S/C25H33N5O4S/c1-35(33,34)29-13-9-17(10-14-29)21-15-20-22(8-7-19(25(26)32)24(20)27-21)28-11-4-5-18(16-28)30-12-3-2-6-23(30)31/h7-9,15,18,27H,2-6,10-14,16H2,1H3,(H2,26,32). The molecule has 2 aromatic rings. The second-order valence-electron chi connectivity index (χ2n) is 9.85. The second-order valence-corrected chi connectivity index (χ2v) is 11.8. The van der Waals surface area contributed by atoms with E-state index < -0.39 is 15.9 Å². The van der Waals surface area contributed by atoms with Gasteiger partial charge in [0, 0.05) is 62.0 Å². The molecule has 5 rings (SSSR count). The van der Waals surface area contributed by atoms with Crippen LogP contribution in [0.25, 0.3) is 16.5 Å². The lowest BCUT2D eigenvalue weighted by Crippen LogP contribution is -2.51. The highest BCUT2D eigenvalue weighted by atomic mass is 32.2. The van der Waals surface area contributed by atoms with Crippen LogP contribution in [-0.4, -0.2) is 79.4 Å². The number of sulfonamides is 1. The summed E-state index contributed by atoms with van der Waals surface area (Å²) in [6, 6.07) is 5.98. The van der Waals surface area contributed by atoms with Crippen LogP contribution in [0.15, 0.2) is 24.3 Å². The number of fused-ring (bicyclic) bond motifs is 1. The molecule has 0 aliphatic carbocycles. The van der Waals surface area contributed by atoms with E-state index in [2.05, 4.69) is 20.9 Å². The van der Waals surface area contributed by atoms with Gasteiger partial charge in [0.2, 0.25) is 15.9 Å². The molecule has 0 saturated carbocycles. The predicted octanol–water partition coefficient (Wildman–Crippen LogP) is 2.30. The number of likely N-dealkylation sites (tertiary alicyclic amines) is 1. The molecule has 1 unspecified atom stereocenters. The van der Waals surface area contributed by atoms with Gasteiger partial charge >= 0.3 is 0 Å². The van der Waals surface area contributed by atoms with Crippen molar-refractivity contribution in [3.63, 3.8) is 0 Å². The lowest BCUT2D eigenvalue weighted by atomic mass is 9.98. The van der Waals surface area contributed by atoms with Crippen molar-refractivity contribution in [1.29, 1.82) is 0 Å². The van der Waals surface area contributed by atoms with E-state index in [1.165, 1.54) is 10.6 Å². The number of nitrogens with one attached hydrogen (secondary N) is 1. The maximum absolute atomic E-state index is 12.5. The smallest absolute Gasteiger partial charge is 0.250 e. The van der Waals surface area contributed by atoms with Gasteiger partial charge in [0.1, 0.15) is 0 Å². The number of H-pyrrole nitrogens is 1. The van der Waals surface area contributed by atoms with Crippen molar-refractivity contribution in [2.45, 2.75) is 44.6 Å². The number of amides is 2. The van der Waals surface area contributed by atoms with Crippen molar-refractivity contribution >= 4 is 44.0 Å². The van der Waals surface area contributed by atoms with Crippen LogP contribution in [0.5, 0.6) is 0 Å². The number of nitrogens with zero attached hydrogens (tertiary/aromatic N) is 3. The summed E-state index contributed by atoms with van der Waals surface area (Å²) >= 11 is 0. The van der Waals surface area contributed by atoms with Crippen LogP contribution >= 0.6 is 0 Å². The molecule has 1 aromatic heterocycles. The average Bonchev–Trinajstić information content (AvgIpc) is 3.28. The first-order chi connectivity index (χ1) is 16.7. The van der Waals surface area contributed by atoms with Crippen LogP contribution in [-0.2, 0) is 14.8 Å². The number of aromatic nitrogens is 1. The van der Waals surface area contributed by atoms with Gasteiger partial charge in [0.05, 0.1) is 17.3 Å². The minimum Gasteiger partial charge on any atom is -0.369 e. The van der Waals surface area contributed by atoms with E-state index in [0.29, 0.717) is 37.0 Å².